The van der Waals surface area contributed by atoms with Crippen molar-refractivity contribution in [2.75, 3.05) is 13.2 Å². The van der Waals surface area contributed by atoms with Crippen LogP contribution in [0.2, 0.25) is 0 Å². The largest absolute Gasteiger partial charge is 0.379 e. The number of alkyl halides is 1. The topological polar surface area (TPSA) is 44.9 Å². The van der Waals surface area contributed by atoms with E-state index in [0.717, 1.165) is 48.9 Å². The second-order valence-electron chi connectivity index (χ2n) is 4.62. The summed E-state index contributed by atoms with van der Waals surface area (Å²) in [5.74, 6) is 1.35. The Kier molecular flexibility index (Phi) is 3.03. The summed E-state index contributed by atoms with van der Waals surface area (Å²) in [5.41, 5.74) is 3.02. The first-order valence-electron chi connectivity index (χ1n) is 6.34. The number of imidazole rings is 1. The zero-order valence-electron chi connectivity index (χ0n) is 10.7. The zero-order chi connectivity index (χ0) is 12.7. The molecule has 98 valence electrons. The molecule has 3 rings (SSSR count). The molecule has 2 aromatic rings. The van der Waals surface area contributed by atoms with Gasteiger partial charge in [0.15, 0.2) is 5.65 Å². The lowest BCUT2D eigenvalue weighted by molar-refractivity contribution is 0.186. The monoisotopic (exact) mass is 268 g/mol. The first kappa shape index (κ1) is 12.0. The van der Waals surface area contributed by atoms with Gasteiger partial charge in [0.2, 0.25) is 0 Å². The van der Waals surface area contributed by atoms with Crippen molar-refractivity contribution in [1.82, 2.24) is 19.3 Å². The Morgan fingerprint density at radius 1 is 1.50 bits per heavy atom. The number of fused-ring (bicyclic) bond motifs is 1. The molecule has 18 heavy (non-hydrogen) atoms. The second-order valence-corrected chi connectivity index (χ2v) is 4.89. The van der Waals surface area contributed by atoms with Crippen LogP contribution in [0.15, 0.2) is 0 Å². The third-order valence-corrected chi connectivity index (χ3v) is 3.75. The molecule has 6 heteroatoms. The summed E-state index contributed by atoms with van der Waals surface area (Å²) < 4.78 is 9.72. The first-order valence-corrected chi connectivity index (χ1v) is 6.87. The van der Waals surface area contributed by atoms with Gasteiger partial charge in [-0.1, -0.05) is 0 Å². The SMILES string of the molecule is CCn1nc(C)c2nc(CCl)n(C3CCOC3)c21. The number of aryl methyl sites for hydroxylation is 2. The van der Waals surface area contributed by atoms with Crippen molar-refractivity contribution >= 4 is 22.8 Å². The van der Waals surface area contributed by atoms with Gasteiger partial charge in [-0.15, -0.1) is 11.6 Å². The van der Waals surface area contributed by atoms with Crippen LogP contribution in [-0.2, 0) is 17.2 Å². The molecular formula is C12H17ClN4O. The average Bonchev–Trinajstić information content (AvgIpc) is 3.05. The van der Waals surface area contributed by atoms with Crippen molar-refractivity contribution < 1.29 is 4.74 Å². The molecule has 1 fully saturated rings. The molecule has 0 saturated carbocycles. The van der Waals surface area contributed by atoms with Crippen LogP contribution >= 0.6 is 11.6 Å². The van der Waals surface area contributed by atoms with E-state index in [1.165, 1.54) is 0 Å². The molecule has 3 heterocycles. The van der Waals surface area contributed by atoms with Crippen molar-refractivity contribution in [3.05, 3.63) is 11.5 Å². The molecule has 1 aliphatic rings. The fraction of sp³-hybridized carbons (Fsp3) is 0.667. The zero-order valence-corrected chi connectivity index (χ0v) is 11.4. The quantitative estimate of drug-likeness (QED) is 0.802. The molecule has 1 unspecified atom stereocenters. The Bertz CT molecular complexity index is 568. The van der Waals surface area contributed by atoms with Crippen LogP contribution in [0.3, 0.4) is 0 Å². The molecule has 0 aliphatic carbocycles. The maximum atomic E-state index is 6.03. The lowest BCUT2D eigenvalue weighted by Crippen LogP contribution is -2.14. The highest BCUT2D eigenvalue weighted by Crippen LogP contribution is 2.29. The summed E-state index contributed by atoms with van der Waals surface area (Å²) in [6.07, 6.45) is 1.02. The van der Waals surface area contributed by atoms with E-state index in [1.807, 2.05) is 11.6 Å². The van der Waals surface area contributed by atoms with Gasteiger partial charge in [-0.25, -0.2) is 9.67 Å². The van der Waals surface area contributed by atoms with E-state index in [-0.39, 0.29) is 0 Å². The number of rotatable bonds is 3. The number of ether oxygens (including phenoxy) is 1. The molecule has 0 aromatic carbocycles. The predicted molar refractivity (Wildman–Crippen MR) is 70.0 cm³/mol. The lowest BCUT2D eigenvalue weighted by atomic mass is 10.2. The molecule has 5 nitrogen and oxygen atoms in total. The van der Waals surface area contributed by atoms with Gasteiger partial charge in [0.25, 0.3) is 0 Å². The Labute approximate surface area is 111 Å². The minimum atomic E-state index is 0.338. The molecule has 0 amide bonds. The summed E-state index contributed by atoms with van der Waals surface area (Å²) >= 11 is 6.03. The van der Waals surface area contributed by atoms with E-state index in [1.54, 1.807) is 0 Å². The van der Waals surface area contributed by atoms with Crippen molar-refractivity contribution in [2.24, 2.45) is 0 Å². The smallest absolute Gasteiger partial charge is 0.159 e. The maximum absolute atomic E-state index is 6.03. The Hall–Kier alpha value is -1.07. The van der Waals surface area contributed by atoms with Gasteiger partial charge in [-0.2, -0.15) is 5.10 Å². The second kappa shape index (κ2) is 4.55. The Morgan fingerprint density at radius 2 is 2.33 bits per heavy atom. The number of hydrogen-bond donors (Lipinski definition) is 0. The normalized spacial score (nSPS) is 20.1. The number of hydrogen-bond acceptors (Lipinski definition) is 3. The third-order valence-electron chi connectivity index (χ3n) is 3.51. The average molecular weight is 269 g/mol. The fourth-order valence-electron chi connectivity index (χ4n) is 2.66. The standard InChI is InChI=1S/C12H17ClN4O/c1-3-16-12-11(8(2)15-16)14-10(6-13)17(12)9-4-5-18-7-9/h9H,3-7H2,1-2H3. The first-order chi connectivity index (χ1) is 8.76. The van der Waals surface area contributed by atoms with Gasteiger partial charge in [0.1, 0.15) is 11.3 Å². The predicted octanol–water partition coefficient (Wildman–Crippen LogP) is 2.26. The van der Waals surface area contributed by atoms with Gasteiger partial charge in [-0.05, 0) is 20.3 Å². The molecule has 0 bridgehead atoms. The van der Waals surface area contributed by atoms with Crippen LogP contribution in [0.4, 0.5) is 0 Å². The van der Waals surface area contributed by atoms with E-state index in [4.69, 9.17) is 16.3 Å². The van der Waals surface area contributed by atoms with Crippen LogP contribution in [0, 0.1) is 6.92 Å². The van der Waals surface area contributed by atoms with Crippen molar-refractivity contribution in [2.45, 2.75) is 38.7 Å². The third kappa shape index (κ3) is 1.65. The van der Waals surface area contributed by atoms with Crippen LogP contribution in [0.1, 0.15) is 30.9 Å². The highest BCUT2D eigenvalue weighted by Gasteiger charge is 2.26. The van der Waals surface area contributed by atoms with Crippen LogP contribution in [0.5, 0.6) is 0 Å². The van der Waals surface area contributed by atoms with Gasteiger partial charge in [-0.3, -0.25) is 0 Å². The van der Waals surface area contributed by atoms with Crippen molar-refractivity contribution in [3.8, 4) is 0 Å². The van der Waals surface area contributed by atoms with E-state index in [2.05, 4.69) is 21.6 Å². The number of halogens is 1. The summed E-state index contributed by atoms with van der Waals surface area (Å²) in [4.78, 5) is 4.64. The number of nitrogens with zero attached hydrogens (tertiary/aromatic N) is 4. The molecule has 0 N–H and O–H groups in total. The van der Waals surface area contributed by atoms with Gasteiger partial charge in [0, 0.05) is 13.2 Å². The Morgan fingerprint density at radius 3 is 2.94 bits per heavy atom. The Balaban J connectivity index is 2.24. The minimum absolute atomic E-state index is 0.338. The molecule has 0 spiro atoms. The molecule has 1 saturated heterocycles. The summed E-state index contributed by atoms with van der Waals surface area (Å²) in [5, 5.41) is 4.53. The summed E-state index contributed by atoms with van der Waals surface area (Å²) in [6, 6.07) is 0.338. The van der Waals surface area contributed by atoms with Gasteiger partial charge in [0.05, 0.1) is 24.2 Å². The maximum Gasteiger partial charge on any atom is 0.159 e. The highest BCUT2D eigenvalue weighted by molar-refractivity contribution is 6.16. The summed E-state index contributed by atoms with van der Waals surface area (Å²) in [7, 11) is 0. The molecular weight excluding hydrogens is 252 g/mol. The molecule has 0 radical (unpaired) electrons. The lowest BCUT2D eigenvalue weighted by Gasteiger charge is -2.14. The van der Waals surface area contributed by atoms with E-state index in [9.17, 15) is 0 Å². The number of aromatic nitrogens is 4. The molecule has 1 atom stereocenters. The minimum Gasteiger partial charge on any atom is -0.379 e. The highest BCUT2D eigenvalue weighted by atomic mass is 35.5. The molecule has 2 aromatic heterocycles. The van der Waals surface area contributed by atoms with Gasteiger partial charge < -0.3 is 9.30 Å². The van der Waals surface area contributed by atoms with E-state index < -0.39 is 0 Å². The summed E-state index contributed by atoms with van der Waals surface area (Å²) in [6.45, 7) is 6.48. The van der Waals surface area contributed by atoms with Gasteiger partial charge >= 0.3 is 0 Å². The molecule has 1 aliphatic heterocycles. The van der Waals surface area contributed by atoms with E-state index >= 15 is 0 Å². The van der Waals surface area contributed by atoms with Crippen LogP contribution in [0.25, 0.3) is 11.2 Å². The van der Waals surface area contributed by atoms with Crippen molar-refractivity contribution in [3.63, 3.8) is 0 Å². The van der Waals surface area contributed by atoms with Crippen molar-refractivity contribution in [1.29, 1.82) is 0 Å². The van der Waals surface area contributed by atoms with Crippen LogP contribution in [-0.4, -0.2) is 32.5 Å². The van der Waals surface area contributed by atoms with E-state index in [0.29, 0.717) is 11.9 Å². The van der Waals surface area contributed by atoms with Crippen LogP contribution < -0.4 is 0 Å². The fourth-order valence-corrected chi connectivity index (χ4v) is 2.85.